The Morgan fingerprint density at radius 1 is 0.969 bits per heavy atom. The first-order chi connectivity index (χ1) is 15.4. The van der Waals surface area contributed by atoms with Crippen molar-refractivity contribution < 1.29 is 22.3 Å². The third-order valence-electron chi connectivity index (χ3n) is 4.94. The van der Waals surface area contributed by atoms with Gasteiger partial charge in [0.15, 0.2) is 5.13 Å². The summed E-state index contributed by atoms with van der Waals surface area (Å²) in [7, 11) is 0. The standard InChI is InChI=1S/C24H26F4N2OS/c1-2-3-4-5-6-7-14-31-22-15-19(12-13-20(22)24(26,27)28)29-23-30-21(16-32-23)17-8-10-18(25)11-9-17/h8-13,15-16H,2-7,14H2,1H3,(H,29,30). The SMILES string of the molecule is CCCCCCCCOc1cc(Nc2nc(-c3ccc(F)cc3)cs2)ccc1C(F)(F)F. The van der Waals surface area contributed by atoms with Crippen LogP contribution < -0.4 is 10.1 Å². The summed E-state index contributed by atoms with van der Waals surface area (Å²) in [6.07, 6.45) is 1.67. The molecule has 0 fully saturated rings. The number of hydrogen-bond donors (Lipinski definition) is 1. The first-order valence-corrected chi connectivity index (χ1v) is 11.6. The highest BCUT2D eigenvalue weighted by Gasteiger charge is 2.34. The topological polar surface area (TPSA) is 34.1 Å². The van der Waals surface area contributed by atoms with Gasteiger partial charge >= 0.3 is 6.18 Å². The molecular weight excluding hydrogens is 440 g/mol. The molecule has 0 saturated carbocycles. The molecule has 172 valence electrons. The molecular formula is C24H26F4N2OS. The summed E-state index contributed by atoms with van der Waals surface area (Å²) in [5.41, 5.74) is 1.08. The van der Waals surface area contributed by atoms with E-state index in [1.54, 1.807) is 17.5 Å². The monoisotopic (exact) mass is 466 g/mol. The van der Waals surface area contributed by atoms with Gasteiger partial charge in [0.2, 0.25) is 0 Å². The van der Waals surface area contributed by atoms with Crippen molar-refractivity contribution in [1.82, 2.24) is 4.98 Å². The Bertz CT molecular complexity index is 986. The van der Waals surface area contributed by atoms with Crippen molar-refractivity contribution in [3.63, 3.8) is 0 Å². The summed E-state index contributed by atoms with van der Waals surface area (Å²) in [6.45, 7) is 2.38. The molecule has 2 aromatic carbocycles. The lowest BCUT2D eigenvalue weighted by molar-refractivity contribution is -0.138. The quantitative estimate of drug-likeness (QED) is 0.227. The second-order valence-corrected chi connectivity index (χ2v) is 8.35. The van der Waals surface area contributed by atoms with Crippen molar-refractivity contribution in [2.75, 3.05) is 11.9 Å². The Balaban J connectivity index is 1.66. The van der Waals surface area contributed by atoms with Gasteiger partial charge in [-0.2, -0.15) is 13.2 Å². The number of anilines is 2. The van der Waals surface area contributed by atoms with E-state index in [-0.39, 0.29) is 18.2 Å². The normalized spacial score (nSPS) is 11.5. The van der Waals surface area contributed by atoms with Gasteiger partial charge in [-0.1, -0.05) is 39.0 Å². The Morgan fingerprint density at radius 3 is 2.41 bits per heavy atom. The van der Waals surface area contributed by atoms with Gasteiger partial charge in [0.1, 0.15) is 11.6 Å². The van der Waals surface area contributed by atoms with E-state index in [2.05, 4.69) is 17.2 Å². The summed E-state index contributed by atoms with van der Waals surface area (Å²) in [5.74, 6) is -0.521. The summed E-state index contributed by atoms with van der Waals surface area (Å²) in [4.78, 5) is 4.44. The number of nitrogens with one attached hydrogen (secondary N) is 1. The van der Waals surface area contributed by atoms with Crippen molar-refractivity contribution in [2.24, 2.45) is 0 Å². The van der Waals surface area contributed by atoms with Crippen molar-refractivity contribution in [1.29, 1.82) is 0 Å². The zero-order chi connectivity index (χ0) is 23.0. The van der Waals surface area contributed by atoms with Crippen LogP contribution in [0.4, 0.5) is 28.4 Å². The van der Waals surface area contributed by atoms with Gasteiger partial charge in [0.25, 0.3) is 0 Å². The molecule has 1 N–H and O–H groups in total. The van der Waals surface area contributed by atoms with Gasteiger partial charge in [-0.15, -0.1) is 11.3 Å². The number of benzene rings is 2. The van der Waals surface area contributed by atoms with Crippen LogP contribution in [0.1, 0.15) is 51.0 Å². The Kier molecular flexibility index (Phi) is 8.50. The Labute approximate surface area is 189 Å². The molecule has 0 radical (unpaired) electrons. The van der Waals surface area contributed by atoms with Crippen molar-refractivity contribution >= 4 is 22.2 Å². The number of rotatable bonds is 11. The van der Waals surface area contributed by atoms with Gasteiger partial charge in [-0.25, -0.2) is 9.37 Å². The van der Waals surface area contributed by atoms with Crippen molar-refractivity contribution in [2.45, 2.75) is 51.6 Å². The predicted molar refractivity (Wildman–Crippen MR) is 121 cm³/mol. The van der Waals surface area contributed by atoms with Gasteiger partial charge in [-0.05, 0) is 42.8 Å². The minimum Gasteiger partial charge on any atom is -0.493 e. The molecule has 0 unspecified atom stereocenters. The molecule has 32 heavy (non-hydrogen) atoms. The largest absolute Gasteiger partial charge is 0.493 e. The van der Waals surface area contributed by atoms with Crippen LogP contribution in [0.2, 0.25) is 0 Å². The van der Waals surface area contributed by atoms with Crippen LogP contribution in [0.5, 0.6) is 5.75 Å². The number of ether oxygens (including phenoxy) is 1. The van der Waals surface area contributed by atoms with Crippen LogP contribution in [0, 0.1) is 5.82 Å². The van der Waals surface area contributed by atoms with E-state index in [1.807, 2.05) is 0 Å². The molecule has 3 rings (SSSR count). The molecule has 0 amide bonds. The van der Waals surface area contributed by atoms with E-state index in [0.717, 1.165) is 37.3 Å². The number of aromatic nitrogens is 1. The average Bonchev–Trinajstić information content (AvgIpc) is 3.21. The molecule has 0 bridgehead atoms. The molecule has 0 spiro atoms. The van der Waals surface area contributed by atoms with E-state index in [0.29, 0.717) is 22.9 Å². The number of alkyl halides is 3. The van der Waals surface area contributed by atoms with Gasteiger partial charge in [0, 0.05) is 22.7 Å². The van der Waals surface area contributed by atoms with Crippen molar-refractivity contribution in [3.05, 3.63) is 59.2 Å². The van der Waals surface area contributed by atoms with E-state index in [9.17, 15) is 17.6 Å². The predicted octanol–water partition coefficient (Wildman–Crippen LogP) is 8.45. The van der Waals surface area contributed by atoms with Gasteiger partial charge < -0.3 is 10.1 Å². The fourth-order valence-electron chi connectivity index (χ4n) is 3.23. The summed E-state index contributed by atoms with van der Waals surface area (Å²) < 4.78 is 58.8. The van der Waals surface area contributed by atoms with Gasteiger partial charge in [-0.3, -0.25) is 0 Å². The highest BCUT2D eigenvalue weighted by atomic mass is 32.1. The third kappa shape index (κ3) is 6.95. The van der Waals surface area contributed by atoms with E-state index < -0.39 is 11.7 Å². The minimum absolute atomic E-state index is 0.189. The molecule has 8 heteroatoms. The molecule has 0 aliphatic heterocycles. The highest BCUT2D eigenvalue weighted by Crippen LogP contribution is 2.38. The second kappa shape index (κ2) is 11.3. The van der Waals surface area contributed by atoms with E-state index in [4.69, 9.17) is 4.74 Å². The van der Waals surface area contributed by atoms with E-state index >= 15 is 0 Å². The number of unbranched alkanes of at least 4 members (excludes halogenated alkanes) is 5. The Morgan fingerprint density at radius 2 is 1.69 bits per heavy atom. The molecule has 1 heterocycles. The lowest BCUT2D eigenvalue weighted by atomic mass is 10.1. The highest BCUT2D eigenvalue weighted by molar-refractivity contribution is 7.14. The van der Waals surface area contributed by atoms with Crippen LogP contribution in [0.15, 0.2) is 47.8 Å². The maximum Gasteiger partial charge on any atom is 0.419 e. The molecule has 0 aliphatic rings. The lowest BCUT2D eigenvalue weighted by Gasteiger charge is -2.15. The minimum atomic E-state index is -4.49. The number of thiazole rings is 1. The zero-order valence-electron chi connectivity index (χ0n) is 17.8. The smallest absolute Gasteiger partial charge is 0.419 e. The molecule has 3 nitrogen and oxygen atoms in total. The first kappa shape index (κ1) is 24.0. The first-order valence-electron chi connectivity index (χ1n) is 10.7. The zero-order valence-corrected chi connectivity index (χ0v) is 18.7. The average molecular weight is 467 g/mol. The summed E-state index contributed by atoms with van der Waals surface area (Å²) in [5, 5.41) is 5.36. The van der Waals surface area contributed by atoms with E-state index in [1.165, 1.54) is 42.0 Å². The third-order valence-corrected chi connectivity index (χ3v) is 5.70. The fraction of sp³-hybridized carbons (Fsp3) is 0.375. The number of halogens is 4. The second-order valence-electron chi connectivity index (χ2n) is 7.49. The molecule has 0 atom stereocenters. The summed E-state index contributed by atoms with van der Waals surface area (Å²) >= 11 is 1.31. The maximum atomic E-state index is 13.4. The lowest BCUT2D eigenvalue weighted by Crippen LogP contribution is -2.10. The molecule has 3 aromatic rings. The maximum absolute atomic E-state index is 13.4. The van der Waals surface area contributed by atoms with Crippen LogP contribution in [0.25, 0.3) is 11.3 Å². The van der Waals surface area contributed by atoms with Gasteiger partial charge in [0.05, 0.1) is 17.9 Å². The molecule has 0 saturated heterocycles. The summed E-state index contributed by atoms with van der Waals surface area (Å²) in [6, 6.07) is 9.70. The van der Waals surface area contributed by atoms with Crippen molar-refractivity contribution in [3.8, 4) is 17.0 Å². The van der Waals surface area contributed by atoms with Crippen LogP contribution >= 0.6 is 11.3 Å². The van der Waals surface area contributed by atoms with Crippen LogP contribution in [-0.4, -0.2) is 11.6 Å². The molecule has 1 aromatic heterocycles. The fourth-order valence-corrected chi connectivity index (χ4v) is 3.97. The Hall–Kier alpha value is -2.61. The van der Waals surface area contributed by atoms with Crippen LogP contribution in [-0.2, 0) is 6.18 Å². The number of hydrogen-bond acceptors (Lipinski definition) is 4. The molecule has 0 aliphatic carbocycles. The number of nitrogens with zero attached hydrogens (tertiary/aromatic N) is 1. The van der Waals surface area contributed by atoms with Crippen LogP contribution in [0.3, 0.4) is 0 Å².